The molecule has 0 spiro atoms. The Morgan fingerprint density at radius 2 is 2.15 bits per heavy atom. The average molecular weight is 390 g/mol. The molecule has 0 fully saturated rings. The van der Waals surface area contributed by atoms with Crippen molar-refractivity contribution in [3.05, 3.63) is 51.7 Å². The van der Waals surface area contributed by atoms with Crippen LogP contribution in [-0.2, 0) is 11.3 Å². The van der Waals surface area contributed by atoms with Crippen LogP contribution in [0, 0.1) is 6.92 Å². The van der Waals surface area contributed by atoms with Gasteiger partial charge in [0.15, 0.2) is 0 Å². The minimum absolute atomic E-state index is 0.122. The number of hydrogen-bond donors (Lipinski definition) is 1. The van der Waals surface area contributed by atoms with Crippen LogP contribution in [0.2, 0.25) is 5.02 Å². The number of carbonyl (C=O) groups excluding carboxylic acids is 1. The monoisotopic (exact) mass is 389 g/mol. The molecular formula is C17H16ClN5O2S. The van der Waals surface area contributed by atoms with Gasteiger partial charge in [-0.3, -0.25) is 14.6 Å². The molecule has 0 radical (unpaired) electrons. The molecule has 134 valence electrons. The van der Waals surface area contributed by atoms with E-state index in [0.717, 1.165) is 25.8 Å². The molecule has 0 aliphatic heterocycles. The Kier molecular flexibility index (Phi) is 5.43. The molecule has 0 unspecified atom stereocenters. The summed E-state index contributed by atoms with van der Waals surface area (Å²) in [5.41, 5.74) is 1.85. The molecule has 9 heteroatoms. The minimum Gasteiger partial charge on any atom is -0.355 e. The average Bonchev–Trinajstić information content (AvgIpc) is 2.99. The van der Waals surface area contributed by atoms with Gasteiger partial charge in [0.25, 0.3) is 5.56 Å². The van der Waals surface area contributed by atoms with Gasteiger partial charge >= 0.3 is 0 Å². The molecular weight excluding hydrogens is 374 g/mol. The first kappa shape index (κ1) is 18.2. The van der Waals surface area contributed by atoms with E-state index in [9.17, 15) is 9.59 Å². The van der Waals surface area contributed by atoms with Crippen LogP contribution in [0.25, 0.3) is 21.1 Å². The maximum atomic E-state index is 12.0. The van der Waals surface area contributed by atoms with Crippen LogP contribution in [0.4, 0.5) is 0 Å². The molecule has 7 nitrogen and oxygen atoms in total. The van der Waals surface area contributed by atoms with E-state index in [1.54, 1.807) is 24.5 Å². The lowest BCUT2D eigenvalue weighted by molar-refractivity contribution is -0.121. The normalized spacial score (nSPS) is 10.7. The summed E-state index contributed by atoms with van der Waals surface area (Å²) in [6.07, 6.45) is 3.25. The van der Waals surface area contributed by atoms with Crippen LogP contribution < -0.4 is 10.9 Å². The molecule has 0 aliphatic carbocycles. The zero-order chi connectivity index (χ0) is 18.7. The standard InChI is InChI=1S/C17H16ClN5O2S/c1-3-20-14(24)9-23-15(25)5-4-13(22-23)16-10(2)21-17(26-16)11-6-12(18)8-19-7-11/h4-8H,3,9H2,1-2H3,(H,20,24). The first-order chi connectivity index (χ1) is 12.5. The largest absolute Gasteiger partial charge is 0.355 e. The van der Waals surface area contributed by atoms with E-state index in [-0.39, 0.29) is 18.0 Å². The molecule has 3 aromatic heterocycles. The van der Waals surface area contributed by atoms with Crippen LogP contribution in [0.15, 0.2) is 35.4 Å². The van der Waals surface area contributed by atoms with Gasteiger partial charge in [-0.25, -0.2) is 9.67 Å². The summed E-state index contributed by atoms with van der Waals surface area (Å²) in [6, 6.07) is 4.83. The van der Waals surface area contributed by atoms with Gasteiger partial charge in [0, 0.05) is 30.6 Å². The summed E-state index contributed by atoms with van der Waals surface area (Å²) < 4.78 is 1.15. The van der Waals surface area contributed by atoms with Gasteiger partial charge in [0.2, 0.25) is 5.91 Å². The molecule has 3 rings (SSSR count). The van der Waals surface area contributed by atoms with Crippen LogP contribution >= 0.6 is 22.9 Å². The zero-order valence-electron chi connectivity index (χ0n) is 14.2. The Morgan fingerprint density at radius 3 is 2.88 bits per heavy atom. The first-order valence-corrected chi connectivity index (χ1v) is 9.11. The smallest absolute Gasteiger partial charge is 0.267 e. The number of halogens is 1. The number of hydrogen-bond acceptors (Lipinski definition) is 6. The van der Waals surface area contributed by atoms with E-state index >= 15 is 0 Å². The molecule has 0 saturated heterocycles. The van der Waals surface area contributed by atoms with Crippen molar-refractivity contribution in [1.29, 1.82) is 0 Å². The van der Waals surface area contributed by atoms with Crippen molar-refractivity contribution in [3.8, 4) is 21.1 Å². The number of pyridine rings is 1. The van der Waals surface area contributed by atoms with Gasteiger partial charge < -0.3 is 5.32 Å². The van der Waals surface area contributed by atoms with E-state index < -0.39 is 0 Å². The molecule has 3 aromatic rings. The predicted octanol–water partition coefficient (Wildman–Crippen LogP) is 2.53. The Bertz CT molecular complexity index is 1010. The van der Waals surface area contributed by atoms with E-state index in [2.05, 4.69) is 20.4 Å². The number of likely N-dealkylation sites (N-methyl/N-ethyl adjacent to an activating group) is 1. The van der Waals surface area contributed by atoms with Crippen molar-refractivity contribution in [2.24, 2.45) is 0 Å². The molecule has 0 bridgehead atoms. The van der Waals surface area contributed by atoms with E-state index in [4.69, 9.17) is 11.6 Å². The molecule has 0 atom stereocenters. The Hall–Kier alpha value is -2.58. The molecule has 0 aromatic carbocycles. The number of aryl methyl sites for hydroxylation is 1. The van der Waals surface area contributed by atoms with Gasteiger partial charge in [0.05, 0.1) is 15.6 Å². The van der Waals surface area contributed by atoms with E-state index in [1.165, 1.54) is 17.4 Å². The Morgan fingerprint density at radius 1 is 1.35 bits per heavy atom. The molecule has 3 heterocycles. The molecule has 0 aliphatic rings. The third-order valence-corrected chi connectivity index (χ3v) is 4.95. The maximum Gasteiger partial charge on any atom is 0.267 e. The number of carbonyl (C=O) groups is 1. The Labute approximate surface area is 158 Å². The highest BCUT2D eigenvalue weighted by Crippen LogP contribution is 2.34. The highest BCUT2D eigenvalue weighted by atomic mass is 35.5. The van der Waals surface area contributed by atoms with E-state index in [1.807, 2.05) is 13.8 Å². The lowest BCUT2D eigenvalue weighted by Crippen LogP contribution is -2.33. The predicted molar refractivity (Wildman–Crippen MR) is 101 cm³/mol. The maximum absolute atomic E-state index is 12.0. The minimum atomic E-state index is -0.332. The lowest BCUT2D eigenvalue weighted by atomic mass is 10.3. The number of aromatic nitrogens is 4. The fourth-order valence-corrected chi connectivity index (χ4v) is 3.54. The zero-order valence-corrected chi connectivity index (χ0v) is 15.8. The van der Waals surface area contributed by atoms with Crippen molar-refractivity contribution in [3.63, 3.8) is 0 Å². The summed E-state index contributed by atoms with van der Waals surface area (Å²) >= 11 is 7.43. The SMILES string of the molecule is CCNC(=O)Cn1nc(-c2sc(-c3cncc(Cl)c3)nc2C)ccc1=O. The third-order valence-electron chi connectivity index (χ3n) is 3.52. The van der Waals surface area contributed by atoms with Crippen LogP contribution in [0.5, 0.6) is 0 Å². The van der Waals surface area contributed by atoms with E-state index in [0.29, 0.717) is 17.3 Å². The fourth-order valence-electron chi connectivity index (χ4n) is 2.36. The van der Waals surface area contributed by atoms with Crippen molar-refractivity contribution in [2.45, 2.75) is 20.4 Å². The van der Waals surface area contributed by atoms with Crippen molar-refractivity contribution in [2.75, 3.05) is 6.54 Å². The summed E-state index contributed by atoms with van der Waals surface area (Å²) in [7, 11) is 0. The number of nitrogens with zero attached hydrogens (tertiary/aromatic N) is 4. The van der Waals surface area contributed by atoms with Gasteiger partial charge in [0.1, 0.15) is 17.2 Å². The second kappa shape index (κ2) is 7.76. The topological polar surface area (TPSA) is 89.8 Å². The third kappa shape index (κ3) is 3.97. The van der Waals surface area contributed by atoms with Crippen molar-refractivity contribution in [1.82, 2.24) is 25.1 Å². The second-order valence-corrected chi connectivity index (χ2v) is 6.93. The summed E-state index contributed by atoms with van der Waals surface area (Å²) in [4.78, 5) is 33.2. The summed E-state index contributed by atoms with van der Waals surface area (Å²) in [6.45, 7) is 4.06. The lowest BCUT2D eigenvalue weighted by Gasteiger charge is -2.06. The second-order valence-electron chi connectivity index (χ2n) is 5.49. The number of rotatable bonds is 5. The van der Waals surface area contributed by atoms with Crippen LogP contribution in [0.1, 0.15) is 12.6 Å². The molecule has 26 heavy (non-hydrogen) atoms. The van der Waals surface area contributed by atoms with Crippen LogP contribution in [0.3, 0.4) is 0 Å². The van der Waals surface area contributed by atoms with Gasteiger partial charge in [-0.05, 0) is 26.0 Å². The van der Waals surface area contributed by atoms with Crippen LogP contribution in [-0.4, -0.2) is 32.2 Å². The highest BCUT2D eigenvalue weighted by Gasteiger charge is 2.15. The molecule has 0 saturated carbocycles. The number of amides is 1. The number of nitrogens with one attached hydrogen (secondary N) is 1. The first-order valence-electron chi connectivity index (χ1n) is 7.91. The Balaban J connectivity index is 1.97. The molecule has 1 N–H and O–H groups in total. The van der Waals surface area contributed by atoms with Gasteiger partial charge in [-0.2, -0.15) is 5.10 Å². The van der Waals surface area contributed by atoms with Gasteiger partial charge in [-0.15, -0.1) is 11.3 Å². The van der Waals surface area contributed by atoms with Crippen molar-refractivity contribution >= 4 is 28.8 Å². The quantitative estimate of drug-likeness (QED) is 0.724. The van der Waals surface area contributed by atoms with Crippen molar-refractivity contribution < 1.29 is 4.79 Å². The summed E-state index contributed by atoms with van der Waals surface area (Å²) in [5, 5.41) is 8.27. The number of thiazole rings is 1. The molecule has 1 amide bonds. The fraction of sp³-hybridized carbons (Fsp3) is 0.235. The highest BCUT2D eigenvalue weighted by molar-refractivity contribution is 7.18. The summed E-state index contributed by atoms with van der Waals surface area (Å²) in [5.74, 6) is -0.258. The van der Waals surface area contributed by atoms with Gasteiger partial charge in [-0.1, -0.05) is 11.6 Å².